The molecule has 0 saturated heterocycles. The quantitative estimate of drug-likeness (QED) is 0.469. The third-order valence-electron chi connectivity index (χ3n) is 1.81. The molecule has 0 bridgehead atoms. The third-order valence-corrected chi connectivity index (χ3v) is 1.81. The van der Waals surface area contributed by atoms with Gasteiger partial charge >= 0.3 is 0 Å². The predicted molar refractivity (Wildman–Crippen MR) is 41.3 cm³/mol. The van der Waals surface area contributed by atoms with E-state index in [-0.39, 0.29) is 0 Å². The molecule has 0 aromatic carbocycles. The van der Waals surface area contributed by atoms with E-state index in [0.29, 0.717) is 0 Å². The van der Waals surface area contributed by atoms with Crippen LogP contribution in [-0.2, 0) is 0 Å². The smallest absolute Gasteiger partial charge is 0.0169 e. The third kappa shape index (κ3) is 2.05. The number of hydrogen-bond donors (Lipinski definition) is 0. The predicted octanol–water partition coefficient (Wildman–Crippen LogP) is 2.92. The van der Waals surface area contributed by atoms with Crippen LogP contribution in [0.5, 0.6) is 0 Å². The van der Waals surface area contributed by atoms with E-state index in [1.165, 1.54) is 12.8 Å². The molecular weight excluding hydrogens is 108 g/mol. The largest absolute Gasteiger partial charge is 0.0876 e. The van der Waals surface area contributed by atoms with Crippen LogP contribution < -0.4 is 0 Å². The van der Waals surface area contributed by atoms with E-state index < -0.39 is 0 Å². The zero-order valence-corrected chi connectivity index (χ0v) is 6.01. The van der Waals surface area contributed by atoms with Gasteiger partial charge in [0.15, 0.2) is 0 Å². The molecule has 0 amide bonds. The first-order chi connectivity index (χ1) is 4.43. The molecule has 1 aliphatic carbocycles. The standard InChI is InChI=1S/C9H14/c1-2-9-7-5-3-4-6-8-9/h3,5-6,8-9H,2,4,7H2,1H3. The molecule has 0 saturated carbocycles. The average molecular weight is 122 g/mol. The maximum Gasteiger partial charge on any atom is -0.0169 e. The maximum atomic E-state index is 2.33. The van der Waals surface area contributed by atoms with Gasteiger partial charge in [-0.3, -0.25) is 0 Å². The summed E-state index contributed by atoms with van der Waals surface area (Å²) in [6, 6.07) is 0. The summed E-state index contributed by atoms with van der Waals surface area (Å²) in [6.07, 6.45) is 12.8. The molecule has 0 aromatic heterocycles. The fraction of sp³-hybridized carbons (Fsp3) is 0.556. The van der Waals surface area contributed by atoms with Crippen LogP contribution in [0, 0.1) is 5.92 Å². The number of hydrogen-bond acceptors (Lipinski definition) is 0. The normalized spacial score (nSPS) is 26.1. The highest BCUT2D eigenvalue weighted by Gasteiger charge is 1.98. The fourth-order valence-electron chi connectivity index (χ4n) is 1.10. The highest BCUT2D eigenvalue weighted by atomic mass is 14.0. The lowest BCUT2D eigenvalue weighted by molar-refractivity contribution is 0.640. The van der Waals surface area contributed by atoms with Crippen LogP contribution in [-0.4, -0.2) is 0 Å². The van der Waals surface area contributed by atoms with E-state index in [1.54, 1.807) is 0 Å². The van der Waals surface area contributed by atoms with Gasteiger partial charge in [-0.05, 0) is 25.2 Å². The topological polar surface area (TPSA) is 0 Å². The zero-order chi connectivity index (χ0) is 6.53. The second kappa shape index (κ2) is 3.49. The van der Waals surface area contributed by atoms with Gasteiger partial charge in [0, 0.05) is 0 Å². The van der Waals surface area contributed by atoms with Crippen LogP contribution in [0.1, 0.15) is 26.2 Å². The number of allylic oxidation sites excluding steroid dienone is 4. The molecule has 0 aliphatic heterocycles. The van der Waals surface area contributed by atoms with Crippen LogP contribution >= 0.6 is 0 Å². The Hall–Kier alpha value is -0.520. The number of rotatable bonds is 1. The van der Waals surface area contributed by atoms with Crippen molar-refractivity contribution in [2.24, 2.45) is 5.92 Å². The summed E-state index contributed by atoms with van der Waals surface area (Å²) >= 11 is 0. The SMILES string of the molecule is CCC1C=CCC=CC1. The molecule has 0 fully saturated rings. The van der Waals surface area contributed by atoms with E-state index in [4.69, 9.17) is 0 Å². The van der Waals surface area contributed by atoms with Crippen molar-refractivity contribution in [2.45, 2.75) is 26.2 Å². The lowest BCUT2D eigenvalue weighted by Crippen LogP contribution is -1.89. The fourth-order valence-corrected chi connectivity index (χ4v) is 1.10. The van der Waals surface area contributed by atoms with Crippen molar-refractivity contribution >= 4 is 0 Å². The molecule has 0 N–H and O–H groups in total. The minimum atomic E-state index is 0.809. The van der Waals surface area contributed by atoms with Gasteiger partial charge < -0.3 is 0 Å². The molecule has 0 nitrogen and oxygen atoms in total. The van der Waals surface area contributed by atoms with Gasteiger partial charge in [-0.25, -0.2) is 0 Å². The lowest BCUT2D eigenvalue weighted by Gasteiger charge is -2.02. The molecule has 1 rings (SSSR count). The first kappa shape index (κ1) is 6.60. The van der Waals surface area contributed by atoms with E-state index in [0.717, 1.165) is 12.3 Å². The van der Waals surface area contributed by atoms with Gasteiger partial charge in [0.05, 0.1) is 0 Å². The summed E-state index contributed by atoms with van der Waals surface area (Å²) in [6.45, 7) is 2.24. The van der Waals surface area contributed by atoms with E-state index in [2.05, 4.69) is 31.2 Å². The monoisotopic (exact) mass is 122 g/mol. The van der Waals surface area contributed by atoms with Crippen molar-refractivity contribution in [3.63, 3.8) is 0 Å². The minimum Gasteiger partial charge on any atom is -0.0876 e. The first-order valence-electron chi connectivity index (χ1n) is 3.75. The molecule has 1 unspecified atom stereocenters. The molecule has 0 aromatic rings. The van der Waals surface area contributed by atoms with Crippen LogP contribution in [0.4, 0.5) is 0 Å². The molecule has 1 aliphatic rings. The Morgan fingerprint density at radius 3 is 3.00 bits per heavy atom. The Bertz CT molecular complexity index is 120. The molecule has 0 heteroatoms. The van der Waals surface area contributed by atoms with Crippen LogP contribution in [0.3, 0.4) is 0 Å². The van der Waals surface area contributed by atoms with Crippen molar-refractivity contribution in [1.82, 2.24) is 0 Å². The highest BCUT2D eigenvalue weighted by Crippen LogP contribution is 2.13. The molecular formula is C9H14. The summed E-state index contributed by atoms with van der Waals surface area (Å²) in [5.74, 6) is 0.809. The molecule has 0 radical (unpaired) electrons. The molecule has 9 heavy (non-hydrogen) atoms. The Balaban J connectivity index is 2.44. The summed E-state index contributed by atoms with van der Waals surface area (Å²) in [4.78, 5) is 0. The molecule has 1 atom stereocenters. The highest BCUT2D eigenvalue weighted by molar-refractivity contribution is 5.01. The van der Waals surface area contributed by atoms with Gasteiger partial charge in [-0.1, -0.05) is 31.2 Å². The Kier molecular flexibility index (Phi) is 2.56. The van der Waals surface area contributed by atoms with E-state index >= 15 is 0 Å². The van der Waals surface area contributed by atoms with Crippen molar-refractivity contribution in [1.29, 1.82) is 0 Å². The van der Waals surface area contributed by atoms with E-state index in [9.17, 15) is 0 Å². The zero-order valence-electron chi connectivity index (χ0n) is 6.01. The summed E-state index contributed by atoms with van der Waals surface area (Å²) < 4.78 is 0. The summed E-state index contributed by atoms with van der Waals surface area (Å²) in [5.41, 5.74) is 0. The molecule has 0 spiro atoms. The lowest BCUT2D eigenvalue weighted by atomic mass is 10.0. The molecule has 50 valence electrons. The van der Waals surface area contributed by atoms with Crippen molar-refractivity contribution in [3.05, 3.63) is 24.3 Å². The van der Waals surface area contributed by atoms with Crippen molar-refractivity contribution in [2.75, 3.05) is 0 Å². The van der Waals surface area contributed by atoms with E-state index in [1.807, 2.05) is 0 Å². The second-order valence-electron chi connectivity index (χ2n) is 2.54. The maximum absolute atomic E-state index is 2.33. The van der Waals surface area contributed by atoms with Gasteiger partial charge in [0.1, 0.15) is 0 Å². The van der Waals surface area contributed by atoms with Crippen LogP contribution in [0.2, 0.25) is 0 Å². The van der Waals surface area contributed by atoms with Crippen molar-refractivity contribution < 1.29 is 0 Å². The molecule has 0 heterocycles. The van der Waals surface area contributed by atoms with Gasteiger partial charge in [-0.15, -0.1) is 0 Å². The Morgan fingerprint density at radius 2 is 2.22 bits per heavy atom. The first-order valence-corrected chi connectivity index (χ1v) is 3.75. The van der Waals surface area contributed by atoms with Crippen LogP contribution in [0.25, 0.3) is 0 Å². The van der Waals surface area contributed by atoms with Crippen LogP contribution in [0.15, 0.2) is 24.3 Å². The van der Waals surface area contributed by atoms with Gasteiger partial charge in [-0.2, -0.15) is 0 Å². The Labute approximate surface area is 57.3 Å². The summed E-state index contributed by atoms with van der Waals surface area (Å²) in [7, 11) is 0. The summed E-state index contributed by atoms with van der Waals surface area (Å²) in [5, 5.41) is 0. The second-order valence-corrected chi connectivity index (χ2v) is 2.54. The average Bonchev–Trinajstić information content (AvgIpc) is 2.13. The Morgan fingerprint density at radius 1 is 1.33 bits per heavy atom. The van der Waals surface area contributed by atoms with Gasteiger partial charge in [0.2, 0.25) is 0 Å². The van der Waals surface area contributed by atoms with Gasteiger partial charge in [0.25, 0.3) is 0 Å². The van der Waals surface area contributed by atoms with Crippen molar-refractivity contribution in [3.8, 4) is 0 Å². The minimum absolute atomic E-state index is 0.809.